The second kappa shape index (κ2) is 4.92. The predicted octanol–water partition coefficient (Wildman–Crippen LogP) is 0.0182. The van der Waals surface area contributed by atoms with Crippen molar-refractivity contribution in [3.63, 3.8) is 0 Å². The minimum atomic E-state index is -3.49. The van der Waals surface area contributed by atoms with E-state index >= 15 is 0 Å². The van der Waals surface area contributed by atoms with Gasteiger partial charge in [-0.05, 0) is 13.8 Å². The highest BCUT2D eigenvalue weighted by Crippen LogP contribution is 2.19. The molecule has 1 N–H and O–H groups in total. The van der Waals surface area contributed by atoms with Crippen molar-refractivity contribution in [3.05, 3.63) is 12.5 Å². The Morgan fingerprint density at radius 3 is 2.47 bits per heavy atom. The molecule has 0 radical (unpaired) electrons. The van der Waals surface area contributed by atoms with Crippen molar-refractivity contribution in [2.24, 2.45) is 0 Å². The molecule has 1 saturated heterocycles. The van der Waals surface area contributed by atoms with E-state index in [0.717, 1.165) is 0 Å². The van der Waals surface area contributed by atoms with Crippen LogP contribution in [0.25, 0.3) is 0 Å². The van der Waals surface area contributed by atoms with E-state index in [1.54, 1.807) is 0 Å². The van der Waals surface area contributed by atoms with Crippen LogP contribution in [0.3, 0.4) is 0 Å². The number of piperazine rings is 1. The number of aromatic amines is 1. The minimum Gasteiger partial charge on any atom is -0.335 e. The van der Waals surface area contributed by atoms with Crippen molar-refractivity contribution in [2.75, 3.05) is 26.2 Å². The fraction of sp³-hybridized carbons (Fsp3) is 0.636. The van der Waals surface area contributed by atoms with E-state index in [0.29, 0.717) is 26.2 Å². The summed E-state index contributed by atoms with van der Waals surface area (Å²) in [5.41, 5.74) is -0.566. The second-order valence-electron chi connectivity index (χ2n) is 4.98. The van der Waals surface area contributed by atoms with E-state index in [1.807, 2.05) is 18.7 Å². The van der Waals surface area contributed by atoms with E-state index in [-0.39, 0.29) is 5.03 Å². The highest BCUT2D eigenvalue weighted by atomic mass is 32.2. The highest BCUT2D eigenvalue weighted by molar-refractivity contribution is 7.89. The lowest BCUT2D eigenvalue weighted by Gasteiger charge is -2.39. The molecule has 19 heavy (non-hydrogen) atoms. The molecular formula is C11H17N5O2S. The third-order valence-corrected chi connectivity index (χ3v) is 5.22. The predicted molar refractivity (Wildman–Crippen MR) is 68.6 cm³/mol. The molecule has 104 valence electrons. The molecular weight excluding hydrogens is 266 g/mol. The van der Waals surface area contributed by atoms with Gasteiger partial charge in [0.25, 0.3) is 10.0 Å². The lowest BCUT2D eigenvalue weighted by Crippen LogP contribution is -2.55. The first-order chi connectivity index (χ1) is 8.88. The Morgan fingerprint density at radius 2 is 2.00 bits per heavy atom. The molecule has 2 heterocycles. The zero-order valence-electron chi connectivity index (χ0n) is 11.0. The Morgan fingerprint density at radius 1 is 1.37 bits per heavy atom. The summed E-state index contributed by atoms with van der Waals surface area (Å²) in [6.45, 7) is 5.54. The van der Waals surface area contributed by atoms with Crippen molar-refractivity contribution in [3.8, 4) is 6.07 Å². The van der Waals surface area contributed by atoms with Crippen molar-refractivity contribution >= 4 is 10.0 Å². The molecule has 1 fully saturated rings. The van der Waals surface area contributed by atoms with Gasteiger partial charge in [0.2, 0.25) is 0 Å². The summed E-state index contributed by atoms with van der Waals surface area (Å²) in [4.78, 5) is 8.35. The van der Waals surface area contributed by atoms with Crippen molar-refractivity contribution in [1.29, 1.82) is 5.26 Å². The van der Waals surface area contributed by atoms with Gasteiger partial charge in [-0.3, -0.25) is 4.90 Å². The van der Waals surface area contributed by atoms with Gasteiger partial charge in [0, 0.05) is 26.2 Å². The largest absolute Gasteiger partial charge is 0.335 e. The van der Waals surface area contributed by atoms with Crippen LogP contribution in [-0.2, 0) is 10.0 Å². The summed E-state index contributed by atoms with van der Waals surface area (Å²) in [7, 11) is -3.49. The smallest absolute Gasteiger partial charge is 0.260 e. The molecule has 0 aromatic carbocycles. The number of hydrogen-bond acceptors (Lipinski definition) is 5. The number of sulfonamides is 1. The van der Waals surface area contributed by atoms with Crippen LogP contribution in [0.15, 0.2) is 17.6 Å². The standard InChI is InChI=1S/C11H17N5O2S/c1-11(2,8-12)15-3-5-16(6-4-15)19(17,18)10-7-13-9-14-10/h7,9H,3-6H2,1-2H3,(H,13,14). The average Bonchev–Trinajstić information content (AvgIpc) is 2.93. The van der Waals surface area contributed by atoms with Gasteiger partial charge in [-0.15, -0.1) is 0 Å². The number of imidazole rings is 1. The fourth-order valence-electron chi connectivity index (χ4n) is 2.08. The number of nitrogens with one attached hydrogen (secondary N) is 1. The number of rotatable bonds is 3. The van der Waals surface area contributed by atoms with E-state index in [2.05, 4.69) is 16.0 Å². The highest BCUT2D eigenvalue weighted by Gasteiger charge is 2.34. The Kier molecular flexibility index (Phi) is 3.62. The molecule has 1 aliphatic heterocycles. The fourth-order valence-corrected chi connectivity index (χ4v) is 3.40. The number of aromatic nitrogens is 2. The third-order valence-electron chi connectivity index (χ3n) is 3.39. The Bertz CT molecular complexity index is 565. The van der Waals surface area contributed by atoms with E-state index < -0.39 is 15.6 Å². The molecule has 1 aromatic rings. The second-order valence-corrected chi connectivity index (χ2v) is 6.88. The average molecular weight is 283 g/mol. The van der Waals surface area contributed by atoms with Gasteiger partial charge < -0.3 is 4.98 Å². The van der Waals surface area contributed by atoms with Gasteiger partial charge in [-0.25, -0.2) is 13.4 Å². The molecule has 1 aliphatic rings. The Balaban J connectivity index is 2.08. The van der Waals surface area contributed by atoms with Gasteiger partial charge in [-0.1, -0.05) is 0 Å². The molecule has 7 nitrogen and oxygen atoms in total. The molecule has 0 spiro atoms. The van der Waals surface area contributed by atoms with Crippen LogP contribution in [0.2, 0.25) is 0 Å². The SMILES string of the molecule is CC(C)(C#N)N1CCN(S(=O)(=O)c2cnc[nH]2)CC1. The molecule has 0 atom stereocenters. The first-order valence-corrected chi connectivity index (χ1v) is 7.47. The van der Waals surface area contributed by atoms with Crippen molar-refractivity contribution in [1.82, 2.24) is 19.2 Å². The van der Waals surface area contributed by atoms with Crippen LogP contribution in [0.5, 0.6) is 0 Å². The van der Waals surface area contributed by atoms with Crippen LogP contribution in [0.4, 0.5) is 0 Å². The maximum atomic E-state index is 12.2. The number of hydrogen-bond donors (Lipinski definition) is 1. The molecule has 2 rings (SSSR count). The number of H-pyrrole nitrogens is 1. The summed E-state index contributed by atoms with van der Waals surface area (Å²) >= 11 is 0. The van der Waals surface area contributed by atoms with Crippen LogP contribution in [0, 0.1) is 11.3 Å². The quantitative estimate of drug-likeness (QED) is 0.844. The molecule has 0 saturated carbocycles. The summed E-state index contributed by atoms with van der Waals surface area (Å²) in [5.74, 6) is 0. The molecule has 0 bridgehead atoms. The normalized spacial score (nSPS) is 19.2. The van der Waals surface area contributed by atoms with E-state index in [4.69, 9.17) is 5.26 Å². The molecule has 8 heteroatoms. The van der Waals surface area contributed by atoms with E-state index in [9.17, 15) is 8.42 Å². The van der Waals surface area contributed by atoms with Crippen molar-refractivity contribution in [2.45, 2.75) is 24.4 Å². The third kappa shape index (κ3) is 2.63. The molecule has 0 aliphatic carbocycles. The maximum Gasteiger partial charge on any atom is 0.260 e. The van der Waals surface area contributed by atoms with Gasteiger partial charge >= 0.3 is 0 Å². The molecule has 0 amide bonds. The first-order valence-electron chi connectivity index (χ1n) is 6.03. The van der Waals surface area contributed by atoms with Crippen LogP contribution < -0.4 is 0 Å². The Labute approximate surface area is 112 Å². The monoisotopic (exact) mass is 283 g/mol. The summed E-state index contributed by atoms with van der Waals surface area (Å²) in [5, 5.41) is 9.20. The Hall–Kier alpha value is -1.43. The first kappa shape index (κ1) is 14.0. The van der Waals surface area contributed by atoms with Gasteiger partial charge in [0.15, 0.2) is 5.03 Å². The van der Waals surface area contributed by atoms with Gasteiger partial charge in [0.1, 0.15) is 5.54 Å². The van der Waals surface area contributed by atoms with Gasteiger partial charge in [0.05, 0.1) is 18.6 Å². The van der Waals surface area contributed by atoms with Crippen LogP contribution in [0.1, 0.15) is 13.8 Å². The number of nitrogens with zero attached hydrogens (tertiary/aromatic N) is 4. The van der Waals surface area contributed by atoms with Crippen LogP contribution >= 0.6 is 0 Å². The van der Waals surface area contributed by atoms with E-state index in [1.165, 1.54) is 16.8 Å². The van der Waals surface area contributed by atoms with Crippen molar-refractivity contribution < 1.29 is 8.42 Å². The topological polar surface area (TPSA) is 93.1 Å². The molecule has 0 unspecified atom stereocenters. The summed E-state index contributed by atoms with van der Waals surface area (Å²) in [6, 6.07) is 2.23. The summed E-state index contributed by atoms with van der Waals surface area (Å²) < 4.78 is 25.9. The lowest BCUT2D eigenvalue weighted by atomic mass is 10.0. The minimum absolute atomic E-state index is 0.112. The van der Waals surface area contributed by atoms with Gasteiger partial charge in [-0.2, -0.15) is 9.57 Å². The lowest BCUT2D eigenvalue weighted by molar-refractivity contribution is 0.115. The van der Waals surface area contributed by atoms with Crippen LogP contribution in [-0.4, -0.2) is 59.3 Å². The molecule has 1 aromatic heterocycles. The zero-order chi connectivity index (χ0) is 14.1. The number of nitriles is 1. The zero-order valence-corrected chi connectivity index (χ0v) is 11.8. The summed E-state index contributed by atoms with van der Waals surface area (Å²) in [6.07, 6.45) is 2.66. The maximum absolute atomic E-state index is 12.2.